The molecule has 3 N–H and O–H groups in total. The standard InChI is InChI=1S/C23H20ClF2N5O/c1-13(14-2-4-16(25)5-3-14)8-10-28-22(32)20-18(24)7-6-17(21(20)26)15-9-11-31-19(12-15)29-23(27)30-31/h2-7,9,11-13H,8,10H2,1H3,(H2,27,30)(H,28,32). The summed E-state index contributed by atoms with van der Waals surface area (Å²) in [6.07, 6.45) is 2.21. The van der Waals surface area contributed by atoms with Gasteiger partial charge in [0.05, 0.1) is 10.6 Å². The second-order valence-electron chi connectivity index (χ2n) is 7.47. The number of halogens is 3. The molecule has 2 heterocycles. The normalized spacial score (nSPS) is 12.1. The van der Waals surface area contributed by atoms with Crippen molar-refractivity contribution in [2.24, 2.45) is 0 Å². The van der Waals surface area contributed by atoms with Crippen LogP contribution in [0.1, 0.15) is 35.2 Å². The Balaban J connectivity index is 1.51. The van der Waals surface area contributed by atoms with E-state index in [1.54, 1.807) is 30.5 Å². The van der Waals surface area contributed by atoms with Gasteiger partial charge in [-0.05, 0) is 59.9 Å². The number of nitrogens with zero attached hydrogens (tertiary/aromatic N) is 3. The molecule has 9 heteroatoms. The second-order valence-corrected chi connectivity index (χ2v) is 7.88. The van der Waals surface area contributed by atoms with Crippen molar-refractivity contribution < 1.29 is 13.6 Å². The van der Waals surface area contributed by atoms with Crippen LogP contribution in [0.2, 0.25) is 5.02 Å². The quantitative estimate of drug-likeness (QED) is 0.436. The summed E-state index contributed by atoms with van der Waals surface area (Å²) in [6.45, 7) is 2.28. The lowest BCUT2D eigenvalue weighted by Crippen LogP contribution is -2.26. The Kier molecular flexibility index (Phi) is 6.05. The molecule has 32 heavy (non-hydrogen) atoms. The first-order valence-electron chi connectivity index (χ1n) is 9.97. The van der Waals surface area contributed by atoms with Crippen molar-refractivity contribution in [3.63, 3.8) is 0 Å². The molecular weight excluding hydrogens is 436 g/mol. The van der Waals surface area contributed by atoms with E-state index in [0.29, 0.717) is 24.2 Å². The first kappa shape index (κ1) is 21.7. The van der Waals surface area contributed by atoms with Crippen LogP contribution in [0.25, 0.3) is 16.8 Å². The van der Waals surface area contributed by atoms with Crippen LogP contribution in [0.15, 0.2) is 54.7 Å². The minimum atomic E-state index is -0.724. The molecule has 1 atom stereocenters. The van der Waals surface area contributed by atoms with E-state index in [-0.39, 0.29) is 33.8 Å². The van der Waals surface area contributed by atoms with Crippen LogP contribution in [0, 0.1) is 11.6 Å². The molecule has 0 aliphatic heterocycles. The van der Waals surface area contributed by atoms with E-state index in [9.17, 15) is 9.18 Å². The highest BCUT2D eigenvalue weighted by Gasteiger charge is 2.20. The average molecular weight is 456 g/mol. The van der Waals surface area contributed by atoms with Crippen molar-refractivity contribution in [2.45, 2.75) is 19.3 Å². The van der Waals surface area contributed by atoms with E-state index in [1.807, 2.05) is 6.92 Å². The summed E-state index contributed by atoms with van der Waals surface area (Å²) < 4.78 is 29.9. The number of aromatic nitrogens is 3. The largest absolute Gasteiger partial charge is 0.366 e. The lowest BCUT2D eigenvalue weighted by molar-refractivity contribution is 0.0949. The van der Waals surface area contributed by atoms with Gasteiger partial charge in [0.2, 0.25) is 5.95 Å². The number of benzene rings is 2. The van der Waals surface area contributed by atoms with Crippen molar-refractivity contribution in [3.05, 3.63) is 82.5 Å². The summed E-state index contributed by atoms with van der Waals surface area (Å²) in [5, 5.41) is 6.73. The van der Waals surface area contributed by atoms with Gasteiger partial charge in [0.1, 0.15) is 11.6 Å². The second kappa shape index (κ2) is 8.92. The van der Waals surface area contributed by atoms with Crippen LogP contribution in [0.5, 0.6) is 0 Å². The molecule has 4 aromatic rings. The van der Waals surface area contributed by atoms with E-state index in [4.69, 9.17) is 17.3 Å². The number of hydrogen-bond acceptors (Lipinski definition) is 4. The molecule has 4 rings (SSSR count). The van der Waals surface area contributed by atoms with Crippen LogP contribution in [0.4, 0.5) is 14.7 Å². The number of pyridine rings is 1. The number of rotatable bonds is 6. The third-order valence-corrected chi connectivity index (χ3v) is 5.60. The molecule has 0 radical (unpaired) electrons. The lowest BCUT2D eigenvalue weighted by atomic mass is 9.98. The molecule has 0 aliphatic carbocycles. The Morgan fingerprint density at radius 1 is 1.19 bits per heavy atom. The van der Waals surface area contributed by atoms with Gasteiger partial charge in [0, 0.05) is 18.3 Å². The van der Waals surface area contributed by atoms with E-state index >= 15 is 4.39 Å². The van der Waals surface area contributed by atoms with Gasteiger partial charge in [-0.2, -0.15) is 4.98 Å². The predicted octanol–water partition coefficient (Wildman–Crippen LogP) is 4.83. The smallest absolute Gasteiger partial charge is 0.255 e. The van der Waals surface area contributed by atoms with Crippen LogP contribution >= 0.6 is 11.6 Å². The summed E-state index contributed by atoms with van der Waals surface area (Å²) in [5.74, 6) is -1.43. The van der Waals surface area contributed by atoms with Gasteiger partial charge in [-0.25, -0.2) is 13.3 Å². The Morgan fingerprint density at radius 2 is 1.94 bits per heavy atom. The summed E-state index contributed by atoms with van der Waals surface area (Å²) in [6, 6.07) is 12.5. The molecule has 0 saturated heterocycles. The Bertz CT molecular complexity index is 1290. The number of fused-ring (bicyclic) bond motifs is 1. The van der Waals surface area contributed by atoms with E-state index in [0.717, 1.165) is 5.56 Å². The highest BCUT2D eigenvalue weighted by molar-refractivity contribution is 6.34. The maximum absolute atomic E-state index is 15.3. The maximum atomic E-state index is 15.3. The zero-order valence-electron chi connectivity index (χ0n) is 17.1. The summed E-state index contributed by atoms with van der Waals surface area (Å²) >= 11 is 6.16. The van der Waals surface area contributed by atoms with Gasteiger partial charge in [-0.1, -0.05) is 30.7 Å². The van der Waals surface area contributed by atoms with Gasteiger partial charge in [-0.15, -0.1) is 5.10 Å². The number of nitrogens with one attached hydrogen (secondary N) is 1. The van der Waals surface area contributed by atoms with Crippen LogP contribution in [-0.2, 0) is 0 Å². The fraction of sp³-hybridized carbons (Fsp3) is 0.174. The molecule has 0 aliphatic rings. The maximum Gasteiger partial charge on any atom is 0.255 e. The number of anilines is 1. The van der Waals surface area contributed by atoms with Gasteiger partial charge < -0.3 is 11.1 Å². The minimum absolute atomic E-state index is 0.0168. The molecule has 0 bridgehead atoms. The predicted molar refractivity (Wildman–Crippen MR) is 120 cm³/mol. The molecule has 0 fully saturated rings. The first-order chi connectivity index (χ1) is 15.3. The van der Waals surface area contributed by atoms with E-state index in [2.05, 4.69) is 15.4 Å². The number of nitrogens with two attached hydrogens (primary N) is 1. The average Bonchev–Trinajstić information content (AvgIpc) is 3.13. The van der Waals surface area contributed by atoms with E-state index < -0.39 is 11.7 Å². The number of hydrogen-bond donors (Lipinski definition) is 2. The lowest BCUT2D eigenvalue weighted by Gasteiger charge is -2.14. The van der Waals surface area contributed by atoms with E-state index in [1.165, 1.54) is 28.8 Å². The molecule has 1 unspecified atom stereocenters. The van der Waals surface area contributed by atoms with Crippen molar-refractivity contribution >= 4 is 29.1 Å². The molecule has 0 spiro atoms. The third-order valence-electron chi connectivity index (χ3n) is 5.29. The highest BCUT2D eigenvalue weighted by Crippen LogP contribution is 2.30. The van der Waals surface area contributed by atoms with Gasteiger partial charge in [0.25, 0.3) is 5.91 Å². The molecule has 6 nitrogen and oxygen atoms in total. The van der Waals surface area contributed by atoms with Crippen LogP contribution in [-0.4, -0.2) is 27.0 Å². The molecular formula is C23H20ClF2N5O. The van der Waals surface area contributed by atoms with Crippen LogP contribution < -0.4 is 11.1 Å². The van der Waals surface area contributed by atoms with Gasteiger partial charge in [0.15, 0.2) is 5.65 Å². The molecule has 1 amide bonds. The third kappa shape index (κ3) is 4.40. The number of carbonyl (C=O) groups excluding carboxylic acids is 1. The Labute approximate surface area is 188 Å². The molecule has 2 aromatic heterocycles. The highest BCUT2D eigenvalue weighted by atomic mass is 35.5. The minimum Gasteiger partial charge on any atom is -0.366 e. The monoisotopic (exact) mass is 455 g/mol. The summed E-state index contributed by atoms with van der Waals surface area (Å²) in [7, 11) is 0. The molecule has 164 valence electrons. The van der Waals surface area contributed by atoms with Gasteiger partial charge >= 0.3 is 0 Å². The van der Waals surface area contributed by atoms with Crippen molar-refractivity contribution in [2.75, 3.05) is 12.3 Å². The zero-order valence-corrected chi connectivity index (χ0v) is 17.9. The van der Waals surface area contributed by atoms with Gasteiger partial charge in [-0.3, -0.25) is 4.79 Å². The molecule has 0 saturated carbocycles. The SMILES string of the molecule is CC(CCNC(=O)c1c(Cl)ccc(-c2ccn3nc(N)nc3c2)c1F)c1ccc(F)cc1. The fourth-order valence-corrected chi connectivity index (χ4v) is 3.73. The topological polar surface area (TPSA) is 85.3 Å². The van der Waals surface area contributed by atoms with Crippen molar-refractivity contribution in [1.29, 1.82) is 0 Å². The summed E-state index contributed by atoms with van der Waals surface area (Å²) in [5.41, 5.74) is 7.51. The first-order valence-corrected chi connectivity index (χ1v) is 10.3. The zero-order chi connectivity index (χ0) is 22.8. The number of nitrogen functional groups attached to an aromatic ring is 1. The molecule has 2 aromatic carbocycles. The Hall–Kier alpha value is -3.52. The van der Waals surface area contributed by atoms with Crippen molar-refractivity contribution in [1.82, 2.24) is 19.9 Å². The Morgan fingerprint density at radius 3 is 2.69 bits per heavy atom. The summed E-state index contributed by atoms with van der Waals surface area (Å²) in [4.78, 5) is 16.8. The number of carbonyl (C=O) groups is 1. The van der Waals surface area contributed by atoms with Crippen LogP contribution in [0.3, 0.4) is 0 Å². The van der Waals surface area contributed by atoms with Crippen molar-refractivity contribution in [3.8, 4) is 11.1 Å². The fourth-order valence-electron chi connectivity index (χ4n) is 3.50. The number of amides is 1.